The minimum absolute atomic E-state index is 0.0746. The molecule has 208 valence electrons. The van der Waals surface area contributed by atoms with Crippen LogP contribution in [0.15, 0.2) is 35.1 Å². The molecule has 0 bridgehead atoms. The molecule has 1 aliphatic rings. The van der Waals surface area contributed by atoms with Crippen LogP contribution in [-0.2, 0) is 23.2 Å². The van der Waals surface area contributed by atoms with Gasteiger partial charge >= 0.3 is 5.69 Å². The minimum Gasteiger partial charge on any atom is -0.345 e. The van der Waals surface area contributed by atoms with Gasteiger partial charge in [-0.2, -0.15) is 5.10 Å². The summed E-state index contributed by atoms with van der Waals surface area (Å²) in [6, 6.07) is 8.26. The van der Waals surface area contributed by atoms with E-state index in [0.29, 0.717) is 24.5 Å². The standard InChI is InChI=1S/C26H35N9O4/c1-16(2)15-19-24(37)27-17(3)23-29-21(18-9-6-5-7-10-18)32-35(23)14-13-34(12-8-11-20(36)28-19)25(38)22-30-26(39)33(4)31-22/h5-7,9-10,16-17,19H,8,11-15H2,1-4H3,(H,27,37)(H,28,36)(H,30,31,39)/t17-,19-/m1/s1. The van der Waals surface area contributed by atoms with Gasteiger partial charge in [-0.25, -0.2) is 19.1 Å². The van der Waals surface area contributed by atoms with Crippen molar-refractivity contribution in [2.45, 2.75) is 58.7 Å². The predicted octanol–water partition coefficient (Wildman–Crippen LogP) is 1.01. The Kier molecular flexibility index (Phi) is 8.57. The lowest BCUT2D eigenvalue weighted by molar-refractivity contribution is -0.129. The monoisotopic (exact) mass is 537 g/mol. The van der Waals surface area contributed by atoms with Gasteiger partial charge in [-0.1, -0.05) is 44.2 Å². The second kappa shape index (κ2) is 12.0. The summed E-state index contributed by atoms with van der Waals surface area (Å²) in [6.07, 6.45) is 0.969. The van der Waals surface area contributed by atoms with Crippen LogP contribution in [0, 0.1) is 5.92 Å². The summed E-state index contributed by atoms with van der Waals surface area (Å²) in [7, 11) is 1.46. The fourth-order valence-corrected chi connectivity index (χ4v) is 4.51. The Bertz CT molecular complexity index is 1380. The number of carbonyl (C=O) groups is 3. The van der Waals surface area contributed by atoms with E-state index in [1.165, 1.54) is 7.05 Å². The number of hydrogen-bond acceptors (Lipinski definition) is 7. The van der Waals surface area contributed by atoms with Crippen LogP contribution in [0.4, 0.5) is 0 Å². The van der Waals surface area contributed by atoms with Gasteiger partial charge in [0.05, 0.1) is 12.6 Å². The molecule has 39 heavy (non-hydrogen) atoms. The molecule has 3 aromatic rings. The van der Waals surface area contributed by atoms with Crippen molar-refractivity contribution in [1.29, 1.82) is 0 Å². The SMILES string of the molecule is CC(C)C[C@H]1NC(=O)CCCN(C(=O)c2nn(C)c(=O)[nH]2)CCn2nc(-c3ccccc3)nc2[C@@H](C)NC1=O. The minimum atomic E-state index is -0.704. The van der Waals surface area contributed by atoms with Crippen LogP contribution in [0.2, 0.25) is 0 Å². The molecule has 1 aromatic carbocycles. The number of hydrogen-bond donors (Lipinski definition) is 3. The normalized spacial score (nSPS) is 19.3. The van der Waals surface area contributed by atoms with Gasteiger partial charge in [0.1, 0.15) is 11.9 Å². The Morgan fingerprint density at radius 3 is 2.46 bits per heavy atom. The summed E-state index contributed by atoms with van der Waals surface area (Å²) in [6.45, 7) is 6.54. The summed E-state index contributed by atoms with van der Waals surface area (Å²) in [4.78, 5) is 59.9. The summed E-state index contributed by atoms with van der Waals surface area (Å²) < 4.78 is 2.75. The molecule has 0 saturated carbocycles. The zero-order chi connectivity index (χ0) is 28.1. The number of aromatic amines is 1. The third kappa shape index (κ3) is 6.78. The van der Waals surface area contributed by atoms with Crippen LogP contribution in [-0.4, -0.2) is 71.3 Å². The molecule has 0 unspecified atom stereocenters. The maximum atomic E-state index is 13.3. The van der Waals surface area contributed by atoms with Crippen molar-refractivity contribution in [2.75, 3.05) is 13.1 Å². The zero-order valence-electron chi connectivity index (χ0n) is 22.7. The molecule has 3 N–H and O–H groups in total. The topological polar surface area (TPSA) is 160 Å². The first-order valence-corrected chi connectivity index (χ1v) is 13.1. The number of fused-ring (bicyclic) bond motifs is 1. The van der Waals surface area contributed by atoms with E-state index in [4.69, 9.17) is 10.1 Å². The summed E-state index contributed by atoms with van der Waals surface area (Å²) in [5.74, 6) is 0.111. The number of nitrogens with zero attached hydrogens (tertiary/aromatic N) is 6. The van der Waals surface area contributed by atoms with E-state index in [9.17, 15) is 19.2 Å². The Labute approximate surface area is 226 Å². The predicted molar refractivity (Wildman–Crippen MR) is 142 cm³/mol. The summed E-state index contributed by atoms with van der Waals surface area (Å²) in [5.41, 5.74) is 0.324. The molecule has 1 aliphatic heterocycles. The average Bonchev–Trinajstić information content (AvgIpc) is 3.48. The smallest absolute Gasteiger partial charge is 0.343 e. The Balaban J connectivity index is 1.69. The number of benzene rings is 1. The van der Waals surface area contributed by atoms with Gasteiger partial charge in [0.15, 0.2) is 5.82 Å². The van der Waals surface area contributed by atoms with Crippen molar-refractivity contribution in [3.05, 3.63) is 52.5 Å². The molecular formula is C26H35N9O4. The van der Waals surface area contributed by atoms with Gasteiger partial charge in [-0.05, 0) is 25.7 Å². The van der Waals surface area contributed by atoms with E-state index in [0.717, 1.165) is 10.2 Å². The van der Waals surface area contributed by atoms with Crippen molar-refractivity contribution < 1.29 is 14.4 Å². The van der Waals surface area contributed by atoms with Crippen LogP contribution in [0.1, 0.15) is 62.5 Å². The molecule has 0 fully saturated rings. The van der Waals surface area contributed by atoms with Gasteiger partial charge in [0, 0.05) is 32.1 Å². The molecular weight excluding hydrogens is 502 g/mol. The highest BCUT2D eigenvalue weighted by molar-refractivity contribution is 5.90. The number of H-pyrrole nitrogens is 1. The maximum Gasteiger partial charge on any atom is 0.343 e. The third-order valence-corrected chi connectivity index (χ3v) is 6.51. The first-order chi connectivity index (χ1) is 18.6. The molecule has 2 aromatic heterocycles. The lowest BCUT2D eigenvalue weighted by Crippen LogP contribution is -2.48. The van der Waals surface area contributed by atoms with Crippen molar-refractivity contribution >= 4 is 17.7 Å². The second-order valence-electron chi connectivity index (χ2n) is 10.2. The molecule has 4 rings (SSSR count). The molecule has 13 heteroatoms. The second-order valence-corrected chi connectivity index (χ2v) is 10.2. The first-order valence-electron chi connectivity index (χ1n) is 13.1. The fraction of sp³-hybridized carbons (Fsp3) is 0.500. The Morgan fingerprint density at radius 1 is 1.05 bits per heavy atom. The van der Waals surface area contributed by atoms with Crippen LogP contribution >= 0.6 is 0 Å². The van der Waals surface area contributed by atoms with E-state index >= 15 is 0 Å². The Morgan fingerprint density at radius 2 is 1.79 bits per heavy atom. The first kappa shape index (κ1) is 27.7. The number of aryl methyl sites for hydroxylation is 1. The largest absolute Gasteiger partial charge is 0.345 e. The molecule has 13 nitrogen and oxygen atoms in total. The number of aromatic nitrogens is 6. The van der Waals surface area contributed by atoms with Crippen LogP contribution in [0.3, 0.4) is 0 Å². The number of rotatable bonds is 4. The van der Waals surface area contributed by atoms with Crippen molar-refractivity contribution in [3.63, 3.8) is 0 Å². The maximum absolute atomic E-state index is 13.3. The summed E-state index contributed by atoms with van der Waals surface area (Å²) in [5, 5.41) is 14.5. The molecule has 0 spiro atoms. The number of carbonyl (C=O) groups excluding carboxylic acids is 3. The van der Waals surface area contributed by atoms with Crippen LogP contribution in [0.25, 0.3) is 11.4 Å². The van der Waals surface area contributed by atoms with E-state index in [1.54, 1.807) is 9.58 Å². The highest BCUT2D eigenvalue weighted by Crippen LogP contribution is 2.20. The van der Waals surface area contributed by atoms with Gasteiger partial charge in [-0.15, -0.1) is 5.10 Å². The van der Waals surface area contributed by atoms with E-state index in [-0.39, 0.29) is 49.6 Å². The lowest BCUT2D eigenvalue weighted by atomic mass is 10.0. The summed E-state index contributed by atoms with van der Waals surface area (Å²) >= 11 is 0. The molecule has 0 radical (unpaired) electrons. The zero-order valence-corrected chi connectivity index (χ0v) is 22.7. The van der Waals surface area contributed by atoms with Gasteiger partial charge in [0.25, 0.3) is 5.91 Å². The molecule has 2 atom stereocenters. The van der Waals surface area contributed by atoms with E-state index in [1.807, 2.05) is 51.1 Å². The lowest BCUT2D eigenvalue weighted by Gasteiger charge is -2.25. The molecule has 3 amide bonds. The van der Waals surface area contributed by atoms with Crippen LogP contribution < -0.4 is 16.3 Å². The van der Waals surface area contributed by atoms with Gasteiger partial charge in [-0.3, -0.25) is 19.4 Å². The molecule has 0 aliphatic carbocycles. The van der Waals surface area contributed by atoms with E-state index < -0.39 is 23.7 Å². The fourth-order valence-electron chi connectivity index (χ4n) is 4.51. The Hall–Kier alpha value is -4.29. The van der Waals surface area contributed by atoms with Crippen LogP contribution in [0.5, 0.6) is 0 Å². The van der Waals surface area contributed by atoms with E-state index in [2.05, 4.69) is 20.7 Å². The number of nitrogens with one attached hydrogen (secondary N) is 3. The van der Waals surface area contributed by atoms with Crippen molar-refractivity contribution in [1.82, 2.24) is 45.1 Å². The van der Waals surface area contributed by atoms with Crippen molar-refractivity contribution in [3.8, 4) is 11.4 Å². The van der Waals surface area contributed by atoms with Crippen molar-refractivity contribution in [2.24, 2.45) is 13.0 Å². The highest BCUT2D eigenvalue weighted by atomic mass is 16.2. The molecule has 3 heterocycles. The quantitative estimate of drug-likeness (QED) is 0.448. The third-order valence-electron chi connectivity index (χ3n) is 6.51. The van der Waals surface area contributed by atoms with Gasteiger partial charge < -0.3 is 15.5 Å². The molecule has 0 saturated heterocycles. The van der Waals surface area contributed by atoms with Gasteiger partial charge in [0.2, 0.25) is 17.6 Å². The average molecular weight is 538 g/mol. The highest BCUT2D eigenvalue weighted by Gasteiger charge is 2.28. The number of amides is 3.